The highest BCUT2D eigenvalue weighted by molar-refractivity contribution is 6.14. The lowest BCUT2D eigenvalue weighted by atomic mass is 9.93. The second-order valence-corrected chi connectivity index (χ2v) is 15.5. The second-order valence-electron chi connectivity index (χ2n) is 15.5. The number of piperidine rings is 1. The number of hydrogen-bond donors (Lipinski definition) is 4. The summed E-state index contributed by atoms with van der Waals surface area (Å²) >= 11 is 0. The number of morpholine rings is 1. The number of amides is 3. The SMILES string of the molecule is CC(C)(C)OC(=O)Nc1oc2c(c1C(=O)Nc1cnccc1N1C[C@@H](NC(=O)OC(C)(C)C)C[C@@H](C(F)(F)F)C1)NCC(CCCN1CCOCC1)=C2. The predicted molar refractivity (Wildman–Crippen MR) is 193 cm³/mol. The third-order valence-electron chi connectivity index (χ3n) is 8.70. The molecular formula is C36H50F3N7O7. The maximum absolute atomic E-state index is 14.2. The van der Waals surface area contributed by atoms with E-state index in [1.807, 2.05) is 6.08 Å². The number of hydrogen-bond acceptors (Lipinski definition) is 11. The zero-order chi connectivity index (χ0) is 38.6. The molecule has 14 nitrogen and oxygen atoms in total. The Hall–Kier alpha value is -4.51. The quantitative estimate of drug-likeness (QED) is 0.222. The molecule has 5 heterocycles. The molecule has 4 N–H and O–H groups in total. The number of furan rings is 1. The van der Waals surface area contributed by atoms with E-state index in [1.54, 1.807) is 41.5 Å². The molecule has 0 bridgehead atoms. The molecule has 53 heavy (non-hydrogen) atoms. The number of aromatic nitrogens is 1. The van der Waals surface area contributed by atoms with Crippen LogP contribution in [0.1, 0.15) is 76.9 Å². The first-order valence-electron chi connectivity index (χ1n) is 17.8. The van der Waals surface area contributed by atoms with Crippen molar-refractivity contribution in [2.45, 2.75) is 84.2 Å². The van der Waals surface area contributed by atoms with Gasteiger partial charge in [-0.2, -0.15) is 13.2 Å². The minimum atomic E-state index is -4.55. The van der Waals surface area contributed by atoms with Crippen LogP contribution < -0.4 is 26.2 Å². The summed E-state index contributed by atoms with van der Waals surface area (Å²) in [4.78, 5) is 47.5. The van der Waals surface area contributed by atoms with E-state index in [0.717, 1.165) is 51.3 Å². The number of anilines is 4. The summed E-state index contributed by atoms with van der Waals surface area (Å²) < 4.78 is 64.7. The van der Waals surface area contributed by atoms with Gasteiger partial charge in [0.05, 0.1) is 48.4 Å². The van der Waals surface area contributed by atoms with Crippen molar-refractivity contribution in [1.29, 1.82) is 0 Å². The number of pyridine rings is 1. The van der Waals surface area contributed by atoms with Crippen molar-refractivity contribution >= 4 is 47.1 Å². The van der Waals surface area contributed by atoms with Gasteiger partial charge in [-0.05, 0) is 85.1 Å². The number of rotatable bonds is 9. The number of carbonyl (C=O) groups is 3. The molecule has 292 valence electrons. The van der Waals surface area contributed by atoms with Gasteiger partial charge < -0.3 is 39.5 Å². The molecule has 0 unspecified atom stereocenters. The van der Waals surface area contributed by atoms with Gasteiger partial charge in [0.15, 0.2) is 5.76 Å². The van der Waals surface area contributed by atoms with E-state index in [-0.39, 0.29) is 35.8 Å². The van der Waals surface area contributed by atoms with Crippen LogP contribution in [0.25, 0.3) is 6.08 Å². The van der Waals surface area contributed by atoms with Crippen molar-refractivity contribution in [2.24, 2.45) is 5.92 Å². The van der Waals surface area contributed by atoms with Crippen LogP contribution in [0.5, 0.6) is 0 Å². The molecule has 2 aromatic rings. The molecule has 0 aliphatic carbocycles. The number of fused-ring (bicyclic) bond motifs is 1. The van der Waals surface area contributed by atoms with E-state index in [0.29, 0.717) is 18.0 Å². The molecular weight excluding hydrogens is 699 g/mol. The molecule has 0 radical (unpaired) electrons. The van der Waals surface area contributed by atoms with Gasteiger partial charge in [0.1, 0.15) is 16.8 Å². The number of alkyl halides is 3. The lowest BCUT2D eigenvalue weighted by molar-refractivity contribution is -0.177. The zero-order valence-electron chi connectivity index (χ0n) is 31.1. The van der Waals surface area contributed by atoms with Gasteiger partial charge in [0.25, 0.3) is 5.91 Å². The van der Waals surface area contributed by atoms with E-state index in [2.05, 4.69) is 31.2 Å². The minimum absolute atomic E-state index is 0.00588. The number of nitrogens with one attached hydrogen (secondary N) is 4. The monoisotopic (exact) mass is 749 g/mol. The molecule has 0 spiro atoms. The van der Waals surface area contributed by atoms with Gasteiger partial charge in [0, 0.05) is 38.9 Å². The summed E-state index contributed by atoms with van der Waals surface area (Å²) in [5, 5.41) is 11.2. The average Bonchev–Trinajstić information content (AvgIpc) is 3.40. The van der Waals surface area contributed by atoms with Crippen molar-refractivity contribution < 1.29 is 46.2 Å². The highest BCUT2D eigenvalue weighted by Crippen LogP contribution is 2.40. The molecule has 2 aromatic heterocycles. The van der Waals surface area contributed by atoms with Gasteiger partial charge in [0.2, 0.25) is 5.88 Å². The molecule has 3 aliphatic heterocycles. The first kappa shape index (κ1) is 39.7. The molecule has 5 rings (SSSR count). The maximum atomic E-state index is 14.2. The smallest absolute Gasteiger partial charge is 0.414 e. The molecule has 2 saturated heterocycles. The van der Waals surface area contributed by atoms with Crippen LogP contribution in [0.4, 0.5) is 45.7 Å². The fraction of sp³-hybridized carbons (Fsp3) is 0.611. The Morgan fingerprint density at radius 2 is 1.70 bits per heavy atom. The van der Waals surface area contributed by atoms with Gasteiger partial charge in [-0.25, -0.2) is 9.59 Å². The van der Waals surface area contributed by atoms with Gasteiger partial charge in [-0.15, -0.1) is 0 Å². The normalized spacial score (nSPS) is 19.7. The lowest BCUT2D eigenvalue weighted by Crippen LogP contribution is -2.54. The number of nitrogens with zero attached hydrogens (tertiary/aromatic N) is 3. The standard InChI is InChI=1S/C36H50F3N7O7/c1-34(2,3)52-32(48)42-24-17-23(36(37,38)39)20-46(21-24)26-9-10-40-19-25(26)43-30(47)28-29-27(51-31(28)44-33(49)53-35(4,5)6)16-22(18-41-29)8-7-11-45-12-14-50-15-13-45/h9-10,16,19,23-24,41H,7-8,11-15,17-18,20-21H2,1-6H3,(H,42,48)(H,43,47)(H,44,49)/t23-,24+/m1/s1. The van der Waals surface area contributed by atoms with E-state index in [1.165, 1.54) is 23.4 Å². The highest BCUT2D eigenvalue weighted by Gasteiger charge is 2.45. The molecule has 2 fully saturated rings. The third-order valence-corrected chi connectivity index (χ3v) is 8.70. The summed E-state index contributed by atoms with van der Waals surface area (Å²) in [6.45, 7) is 14.2. The van der Waals surface area contributed by atoms with Crippen molar-refractivity contribution in [2.75, 3.05) is 73.3 Å². The van der Waals surface area contributed by atoms with E-state index in [9.17, 15) is 27.6 Å². The molecule has 17 heteroatoms. The lowest BCUT2D eigenvalue weighted by Gasteiger charge is -2.40. The molecule has 0 aromatic carbocycles. The third kappa shape index (κ3) is 11.2. The van der Waals surface area contributed by atoms with Gasteiger partial charge in [-0.1, -0.05) is 0 Å². The highest BCUT2D eigenvalue weighted by atomic mass is 19.4. The fourth-order valence-corrected chi connectivity index (χ4v) is 6.44. The van der Waals surface area contributed by atoms with Crippen LogP contribution in [-0.4, -0.2) is 104 Å². The number of ether oxygens (including phenoxy) is 3. The first-order valence-corrected chi connectivity index (χ1v) is 17.8. The summed E-state index contributed by atoms with van der Waals surface area (Å²) in [6, 6.07) is 0.583. The van der Waals surface area contributed by atoms with Crippen molar-refractivity contribution in [3.8, 4) is 0 Å². The van der Waals surface area contributed by atoms with Gasteiger partial charge in [-0.3, -0.25) is 20.0 Å². The predicted octanol–water partition coefficient (Wildman–Crippen LogP) is 6.48. The topological polar surface area (TPSA) is 160 Å². The summed E-state index contributed by atoms with van der Waals surface area (Å²) in [6.07, 6.45) is -0.310. The summed E-state index contributed by atoms with van der Waals surface area (Å²) in [7, 11) is 0. The molecule has 0 saturated carbocycles. The minimum Gasteiger partial charge on any atom is -0.444 e. The van der Waals surface area contributed by atoms with E-state index < -0.39 is 54.0 Å². The largest absolute Gasteiger partial charge is 0.444 e. The van der Waals surface area contributed by atoms with E-state index >= 15 is 0 Å². The molecule has 3 aliphatic rings. The number of alkyl carbamates (subject to hydrolysis) is 1. The maximum Gasteiger partial charge on any atom is 0.414 e. The van der Waals surface area contributed by atoms with Crippen molar-refractivity contribution in [1.82, 2.24) is 15.2 Å². The van der Waals surface area contributed by atoms with Crippen LogP contribution in [0.2, 0.25) is 0 Å². The zero-order valence-corrected chi connectivity index (χ0v) is 31.1. The number of carbonyl (C=O) groups excluding carboxylic acids is 3. The summed E-state index contributed by atoms with van der Waals surface area (Å²) in [5.74, 6) is -2.32. The van der Waals surface area contributed by atoms with Crippen molar-refractivity contribution in [3.05, 3.63) is 35.4 Å². The average molecular weight is 750 g/mol. The van der Waals surface area contributed by atoms with Gasteiger partial charge >= 0.3 is 18.4 Å². The Balaban J connectivity index is 1.39. The van der Waals surface area contributed by atoms with Crippen LogP contribution >= 0.6 is 0 Å². The Kier molecular flexibility index (Phi) is 12.2. The second kappa shape index (κ2) is 16.2. The van der Waals surface area contributed by atoms with Crippen LogP contribution in [0.15, 0.2) is 28.5 Å². The Labute approximate surface area is 307 Å². The Morgan fingerprint density at radius 3 is 2.38 bits per heavy atom. The van der Waals surface area contributed by atoms with Crippen molar-refractivity contribution in [3.63, 3.8) is 0 Å². The first-order chi connectivity index (χ1) is 24.8. The van der Waals surface area contributed by atoms with Crippen LogP contribution in [0.3, 0.4) is 0 Å². The van der Waals surface area contributed by atoms with E-state index in [4.69, 9.17) is 18.6 Å². The fourth-order valence-electron chi connectivity index (χ4n) is 6.44. The Morgan fingerprint density at radius 1 is 1.00 bits per heavy atom. The van der Waals surface area contributed by atoms with Crippen LogP contribution in [0, 0.1) is 5.92 Å². The molecule has 2 atom stereocenters. The Bertz CT molecular complexity index is 1660. The molecule has 3 amide bonds. The van der Waals surface area contributed by atoms with Crippen LogP contribution in [-0.2, 0) is 14.2 Å². The number of halogens is 3. The summed E-state index contributed by atoms with van der Waals surface area (Å²) in [5.41, 5.74) is 0.0475.